The van der Waals surface area contributed by atoms with E-state index in [9.17, 15) is 0 Å². The molecule has 0 saturated heterocycles. The van der Waals surface area contributed by atoms with Gasteiger partial charge in [-0.3, -0.25) is 0 Å². The molecule has 0 bridgehead atoms. The molecule has 0 amide bonds. The second-order valence-electron chi connectivity index (χ2n) is 3.69. The summed E-state index contributed by atoms with van der Waals surface area (Å²) in [5.74, 6) is 1.72. The Balaban J connectivity index is 1.68. The largest absolute Gasteiger partial charge is 0.375 e. The highest BCUT2D eigenvalue weighted by atomic mass is 32.2. The van der Waals surface area contributed by atoms with Gasteiger partial charge in [0.25, 0.3) is 5.89 Å². The van der Waals surface area contributed by atoms with Gasteiger partial charge in [-0.1, -0.05) is 23.4 Å². The lowest BCUT2D eigenvalue weighted by molar-refractivity contribution is 0.424. The van der Waals surface area contributed by atoms with E-state index in [1.807, 2.05) is 30.3 Å². The highest BCUT2D eigenvalue weighted by Crippen LogP contribution is 2.24. The summed E-state index contributed by atoms with van der Waals surface area (Å²) in [5.41, 5.74) is 6.20. The topological polar surface area (TPSA) is 77.8 Å². The van der Waals surface area contributed by atoms with Crippen LogP contribution in [0.15, 0.2) is 45.1 Å². The van der Waals surface area contributed by atoms with E-state index < -0.39 is 0 Å². The van der Waals surface area contributed by atoms with Crippen molar-refractivity contribution in [2.75, 3.05) is 5.73 Å². The van der Waals surface area contributed by atoms with Crippen molar-refractivity contribution in [2.45, 2.75) is 10.6 Å². The van der Waals surface area contributed by atoms with Crippen molar-refractivity contribution in [3.05, 3.63) is 41.5 Å². The van der Waals surface area contributed by atoms with E-state index in [2.05, 4.69) is 15.1 Å². The predicted molar refractivity (Wildman–Crippen MR) is 75.8 cm³/mol. The number of anilines is 1. The first-order chi connectivity index (χ1) is 9.31. The SMILES string of the molecule is Nc1nc(-c2nc(CSc3ccccc3)no2)cs1. The van der Waals surface area contributed by atoms with Crippen LogP contribution < -0.4 is 5.73 Å². The second kappa shape index (κ2) is 5.41. The molecule has 19 heavy (non-hydrogen) atoms. The smallest absolute Gasteiger partial charge is 0.277 e. The van der Waals surface area contributed by atoms with Crippen molar-refractivity contribution in [1.29, 1.82) is 0 Å². The Kier molecular flexibility index (Phi) is 3.47. The van der Waals surface area contributed by atoms with Gasteiger partial charge < -0.3 is 10.3 Å². The molecule has 0 saturated carbocycles. The number of rotatable bonds is 4. The van der Waals surface area contributed by atoms with Crippen LogP contribution in [0, 0.1) is 0 Å². The number of nitrogens with two attached hydrogens (primary N) is 1. The summed E-state index contributed by atoms with van der Waals surface area (Å²) in [5, 5.41) is 6.23. The van der Waals surface area contributed by atoms with Crippen LogP contribution in [0.25, 0.3) is 11.6 Å². The summed E-state index contributed by atoms with van der Waals surface area (Å²) in [7, 11) is 0. The molecule has 3 aromatic rings. The maximum Gasteiger partial charge on any atom is 0.277 e. The molecule has 3 rings (SSSR count). The van der Waals surface area contributed by atoms with E-state index >= 15 is 0 Å². The van der Waals surface area contributed by atoms with Crippen LogP contribution in [0.4, 0.5) is 5.13 Å². The number of benzene rings is 1. The molecule has 2 heterocycles. The van der Waals surface area contributed by atoms with Crippen molar-refractivity contribution in [2.24, 2.45) is 0 Å². The average Bonchev–Trinajstić information content (AvgIpc) is 3.06. The predicted octanol–water partition coefficient (Wildman–Crippen LogP) is 3.07. The molecule has 2 aromatic heterocycles. The van der Waals surface area contributed by atoms with E-state index in [1.54, 1.807) is 17.1 Å². The summed E-state index contributed by atoms with van der Waals surface area (Å²) < 4.78 is 5.17. The van der Waals surface area contributed by atoms with Crippen molar-refractivity contribution in [3.63, 3.8) is 0 Å². The van der Waals surface area contributed by atoms with Gasteiger partial charge in [0.1, 0.15) is 5.69 Å². The molecule has 5 nitrogen and oxygen atoms in total. The van der Waals surface area contributed by atoms with E-state index in [0.717, 1.165) is 0 Å². The fraction of sp³-hybridized carbons (Fsp3) is 0.0833. The van der Waals surface area contributed by atoms with Crippen LogP contribution in [-0.2, 0) is 5.75 Å². The first kappa shape index (κ1) is 12.2. The van der Waals surface area contributed by atoms with E-state index in [-0.39, 0.29) is 0 Å². The van der Waals surface area contributed by atoms with Crippen molar-refractivity contribution in [1.82, 2.24) is 15.1 Å². The van der Waals surface area contributed by atoms with Crippen molar-refractivity contribution >= 4 is 28.2 Å². The average molecular weight is 290 g/mol. The quantitative estimate of drug-likeness (QED) is 0.744. The van der Waals surface area contributed by atoms with Crippen molar-refractivity contribution in [3.8, 4) is 11.6 Å². The summed E-state index contributed by atoms with van der Waals surface area (Å²) in [6.07, 6.45) is 0. The minimum absolute atomic E-state index is 0.414. The van der Waals surface area contributed by atoms with E-state index in [1.165, 1.54) is 16.2 Å². The molecule has 0 atom stereocenters. The Bertz CT molecular complexity index is 665. The highest BCUT2D eigenvalue weighted by Gasteiger charge is 2.11. The lowest BCUT2D eigenvalue weighted by atomic mass is 10.4. The van der Waals surface area contributed by atoms with Gasteiger partial charge in [-0.15, -0.1) is 23.1 Å². The molecular weight excluding hydrogens is 280 g/mol. The minimum Gasteiger partial charge on any atom is -0.375 e. The lowest BCUT2D eigenvalue weighted by Gasteiger charge is -1.96. The molecule has 0 aliphatic rings. The van der Waals surface area contributed by atoms with Crippen LogP contribution in [0.3, 0.4) is 0 Å². The molecule has 96 valence electrons. The summed E-state index contributed by atoms with van der Waals surface area (Å²) in [6.45, 7) is 0. The number of nitrogens with zero attached hydrogens (tertiary/aromatic N) is 3. The fourth-order valence-electron chi connectivity index (χ4n) is 1.47. The molecule has 2 N–H and O–H groups in total. The van der Waals surface area contributed by atoms with Crippen LogP contribution in [0.2, 0.25) is 0 Å². The highest BCUT2D eigenvalue weighted by molar-refractivity contribution is 7.98. The number of aromatic nitrogens is 3. The normalized spacial score (nSPS) is 10.7. The first-order valence-electron chi connectivity index (χ1n) is 5.53. The molecule has 1 aromatic carbocycles. The minimum atomic E-state index is 0.414. The molecule has 0 radical (unpaired) electrons. The zero-order valence-corrected chi connectivity index (χ0v) is 11.4. The van der Waals surface area contributed by atoms with Gasteiger partial charge in [-0.25, -0.2) is 4.98 Å². The Morgan fingerprint density at radius 1 is 1.21 bits per heavy atom. The van der Waals surface area contributed by atoms with Crippen LogP contribution >= 0.6 is 23.1 Å². The fourth-order valence-corrected chi connectivity index (χ4v) is 2.77. The summed E-state index contributed by atoms with van der Waals surface area (Å²) >= 11 is 3.01. The molecule has 0 unspecified atom stereocenters. The third-order valence-corrected chi connectivity index (χ3v) is 4.00. The van der Waals surface area contributed by atoms with Crippen LogP contribution in [0.5, 0.6) is 0 Å². The molecular formula is C12H10N4OS2. The zero-order valence-electron chi connectivity index (χ0n) is 9.81. The van der Waals surface area contributed by atoms with Gasteiger partial charge in [0.2, 0.25) is 0 Å². The van der Waals surface area contributed by atoms with Gasteiger partial charge in [-0.05, 0) is 12.1 Å². The van der Waals surface area contributed by atoms with Crippen LogP contribution in [0.1, 0.15) is 5.82 Å². The third-order valence-electron chi connectivity index (χ3n) is 2.32. The monoisotopic (exact) mass is 290 g/mol. The summed E-state index contributed by atoms with van der Waals surface area (Å²) in [6, 6.07) is 10.1. The number of hydrogen-bond acceptors (Lipinski definition) is 7. The van der Waals surface area contributed by atoms with Crippen LogP contribution in [-0.4, -0.2) is 15.1 Å². The van der Waals surface area contributed by atoms with Gasteiger partial charge >= 0.3 is 0 Å². The van der Waals surface area contributed by atoms with Gasteiger partial charge in [0.15, 0.2) is 11.0 Å². The zero-order chi connectivity index (χ0) is 13.1. The number of hydrogen-bond donors (Lipinski definition) is 1. The standard InChI is InChI=1S/C12H10N4OS2/c13-12-14-9(6-19-12)11-15-10(16-17-11)7-18-8-4-2-1-3-5-8/h1-6H,7H2,(H2,13,14). The summed E-state index contributed by atoms with van der Waals surface area (Å²) in [4.78, 5) is 9.58. The Morgan fingerprint density at radius 3 is 2.79 bits per heavy atom. The van der Waals surface area contributed by atoms with Gasteiger partial charge in [-0.2, -0.15) is 4.98 Å². The number of thiazole rings is 1. The van der Waals surface area contributed by atoms with Crippen molar-refractivity contribution < 1.29 is 4.52 Å². The molecule has 0 aliphatic heterocycles. The Hall–Kier alpha value is -1.86. The molecule has 0 aliphatic carbocycles. The molecule has 0 fully saturated rings. The van der Waals surface area contributed by atoms with E-state index in [0.29, 0.717) is 28.3 Å². The first-order valence-corrected chi connectivity index (χ1v) is 7.39. The third kappa shape index (κ3) is 2.94. The molecule has 7 heteroatoms. The maximum atomic E-state index is 5.57. The Morgan fingerprint density at radius 2 is 2.05 bits per heavy atom. The van der Waals surface area contributed by atoms with Gasteiger partial charge in [0.05, 0.1) is 5.75 Å². The van der Waals surface area contributed by atoms with Gasteiger partial charge in [0, 0.05) is 10.3 Å². The number of thioether (sulfide) groups is 1. The lowest BCUT2D eigenvalue weighted by Crippen LogP contribution is -1.85. The second-order valence-corrected chi connectivity index (χ2v) is 5.63. The molecule has 0 spiro atoms. The number of nitrogen functional groups attached to an aromatic ring is 1. The Labute approximate surface area is 117 Å². The van der Waals surface area contributed by atoms with E-state index in [4.69, 9.17) is 10.3 Å². The maximum absolute atomic E-state index is 5.57.